The van der Waals surface area contributed by atoms with E-state index in [0.717, 1.165) is 11.8 Å². The summed E-state index contributed by atoms with van der Waals surface area (Å²) in [5.41, 5.74) is 1.79. The molecule has 2 aromatic rings. The molecule has 2 rings (SSSR count). The van der Waals surface area contributed by atoms with Crippen LogP contribution in [0.1, 0.15) is 54.1 Å². The number of thioether (sulfide) groups is 1. The lowest BCUT2D eigenvalue weighted by molar-refractivity contribution is -0.125. The Bertz CT molecular complexity index is 1150. The minimum Gasteiger partial charge on any atom is -0.366 e. The molecule has 0 unspecified atom stereocenters. The number of hydrogen-bond donors (Lipinski definition) is 3. The second kappa shape index (κ2) is 13.5. The molecule has 0 radical (unpaired) electrons. The fourth-order valence-corrected chi connectivity index (χ4v) is 4.33. The predicted octanol–water partition coefficient (Wildman–Crippen LogP) is 3.69. The lowest BCUT2D eigenvalue weighted by Crippen LogP contribution is -2.42. The summed E-state index contributed by atoms with van der Waals surface area (Å²) in [7, 11) is 3.38. The zero-order chi connectivity index (χ0) is 26.8. The number of nitrogens with one attached hydrogen (secondary N) is 3. The lowest BCUT2D eigenvalue weighted by Gasteiger charge is -2.19. The normalized spacial score (nSPS) is 12.2. The summed E-state index contributed by atoms with van der Waals surface area (Å²) in [5, 5.41) is 18.2. The van der Waals surface area contributed by atoms with Gasteiger partial charge < -0.3 is 15.6 Å². The standard InChI is InChI=1S/C27H32N4O4S/c1-17(20-11-8-12-21(13-20)26(34)19-9-6-5-7-10-19)27(35)36-16-23(30-18(2)32)24(33)14-22(28)15-25(29)31(3)4/h5-13,17,23,28-29H,14-16H2,1-4H3,(H,30,32)/t17-,23+/m0/s1. The number of carbonyl (C=O) groups excluding carboxylic acids is 4. The van der Waals surface area contributed by atoms with Crippen LogP contribution in [0, 0.1) is 10.8 Å². The first kappa shape index (κ1) is 28.6. The van der Waals surface area contributed by atoms with E-state index in [1.807, 2.05) is 6.07 Å². The van der Waals surface area contributed by atoms with Gasteiger partial charge in [-0.3, -0.25) is 24.6 Å². The highest BCUT2D eigenvalue weighted by atomic mass is 32.2. The molecule has 36 heavy (non-hydrogen) atoms. The third-order valence-electron chi connectivity index (χ3n) is 5.51. The first-order chi connectivity index (χ1) is 17.0. The topological polar surface area (TPSA) is 131 Å². The minimum absolute atomic E-state index is 0.0304. The Balaban J connectivity index is 2.04. The first-order valence-corrected chi connectivity index (χ1v) is 12.4. The summed E-state index contributed by atoms with van der Waals surface area (Å²) in [5.74, 6) is -1.23. The van der Waals surface area contributed by atoms with Gasteiger partial charge in [0.2, 0.25) is 5.91 Å². The molecule has 0 aliphatic heterocycles. The molecule has 0 heterocycles. The lowest BCUT2D eigenvalue weighted by atomic mass is 9.96. The van der Waals surface area contributed by atoms with Crippen molar-refractivity contribution in [2.45, 2.75) is 38.6 Å². The van der Waals surface area contributed by atoms with Crippen molar-refractivity contribution < 1.29 is 19.2 Å². The van der Waals surface area contributed by atoms with Crippen LogP contribution in [0.15, 0.2) is 54.6 Å². The molecule has 3 N–H and O–H groups in total. The van der Waals surface area contributed by atoms with Crippen LogP contribution in [-0.2, 0) is 14.4 Å². The first-order valence-electron chi connectivity index (χ1n) is 11.5. The maximum atomic E-state index is 12.9. The molecule has 0 aliphatic rings. The number of nitrogens with zero attached hydrogens (tertiary/aromatic N) is 1. The third kappa shape index (κ3) is 8.57. The SMILES string of the molecule is CC(=O)N[C@H](CSC(=O)[C@@H](C)c1cccc(C(=O)c2ccccc2)c1)C(=O)CC(=N)CC(=N)N(C)C. The van der Waals surface area contributed by atoms with Crippen molar-refractivity contribution >= 4 is 45.9 Å². The van der Waals surface area contributed by atoms with Crippen molar-refractivity contribution in [3.63, 3.8) is 0 Å². The monoisotopic (exact) mass is 508 g/mol. The second-order valence-corrected chi connectivity index (χ2v) is 9.71. The Morgan fingerprint density at radius 1 is 0.944 bits per heavy atom. The smallest absolute Gasteiger partial charge is 0.217 e. The van der Waals surface area contributed by atoms with E-state index in [1.54, 1.807) is 74.4 Å². The van der Waals surface area contributed by atoms with E-state index in [-0.39, 0.29) is 46.8 Å². The molecular formula is C27H32N4O4S. The van der Waals surface area contributed by atoms with Crippen LogP contribution in [0.25, 0.3) is 0 Å². The molecule has 0 bridgehead atoms. The van der Waals surface area contributed by atoms with Gasteiger partial charge in [-0.05, 0) is 11.6 Å². The van der Waals surface area contributed by atoms with E-state index in [1.165, 1.54) is 6.92 Å². The van der Waals surface area contributed by atoms with Crippen LogP contribution in [0.5, 0.6) is 0 Å². The number of amides is 1. The highest BCUT2D eigenvalue weighted by Crippen LogP contribution is 2.25. The number of amidine groups is 1. The molecule has 0 saturated carbocycles. The van der Waals surface area contributed by atoms with Gasteiger partial charge in [-0.2, -0.15) is 0 Å². The number of Topliss-reactive ketones (excluding diaryl/α,β-unsaturated/α-hetero) is 1. The highest BCUT2D eigenvalue weighted by Gasteiger charge is 2.25. The van der Waals surface area contributed by atoms with E-state index in [2.05, 4.69) is 5.32 Å². The van der Waals surface area contributed by atoms with E-state index in [9.17, 15) is 19.2 Å². The van der Waals surface area contributed by atoms with Crippen LogP contribution < -0.4 is 5.32 Å². The molecule has 190 valence electrons. The predicted molar refractivity (Wildman–Crippen MR) is 143 cm³/mol. The summed E-state index contributed by atoms with van der Waals surface area (Å²) < 4.78 is 0. The van der Waals surface area contributed by atoms with Crippen LogP contribution >= 0.6 is 11.8 Å². The average molecular weight is 509 g/mol. The summed E-state index contributed by atoms with van der Waals surface area (Å²) in [6.45, 7) is 3.02. The molecule has 0 aromatic heterocycles. The van der Waals surface area contributed by atoms with Gasteiger partial charge in [0, 0.05) is 56.5 Å². The van der Waals surface area contributed by atoms with E-state index in [0.29, 0.717) is 16.7 Å². The maximum Gasteiger partial charge on any atom is 0.217 e. The maximum absolute atomic E-state index is 12.9. The van der Waals surface area contributed by atoms with E-state index < -0.39 is 17.9 Å². The quantitative estimate of drug-likeness (QED) is 0.228. The van der Waals surface area contributed by atoms with Gasteiger partial charge in [-0.15, -0.1) is 0 Å². The van der Waals surface area contributed by atoms with Crippen LogP contribution in [0.2, 0.25) is 0 Å². The van der Waals surface area contributed by atoms with Gasteiger partial charge in [0.05, 0.1) is 12.0 Å². The molecule has 2 aromatic carbocycles. The van der Waals surface area contributed by atoms with Gasteiger partial charge in [-0.25, -0.2) is 0 Å². The summed E-state index contributed by atoms with van der Waals surface area (Å²) in [6, 6.07) is 14.9. The van der Waals surface area contributed by atoms with Crippen LogP contribution in [-0.4, -0.2) is 64.9 Å². The van der Waals surface area contributed by atoms with Gasteiger partial charge in [0.15, 0.2) is 16.7 Å². The Morgan fingerprint density at radius 3 is 2.19 bits per heavy atom. The van der Waals surface area contributed by atoms with E-state index in [4.69, 9.17) is 10.8 Å². The number of ketones is 2. The number of carbonyl (C=O) groups is 4. The van der Waals surface area contributed by atoms with Crippen molar-refractivity contribution in [1.29, 1.82) is 10.8 Å². The molecule has 0 saturated heterocycles. The highest BCUT2D eigenvalue weighted by molar-refractivity contribution is 8.13. The number of hydrogen-bond acceptors (Lipinski definition) is 7. The fraction of sp³-hybridized carbons (Fsp3) is 0.333. The van der Waals surface area contributed by atoms with Crippen molar-refractivity contribution in [2.75, 3.05) is 19.8 Å². The van der Waals surface area contributed by atoms with Crippen molar-refractivity contribution in [3.05, 3.63) is 71.3 Å². The Kier molecular flexibility index (Phi) is 10.7. The van der Waals surface area contributed by atoms with E-state index >= 15 is 0 Å². The minimum atomic E-state index is -0.927. The van der Waals surface area contributed by atoms with Gasteiger partial charge in [0.25, 0.3) is 0 Å². The summed E-state index contributed by atoms with van der Waals surface area (Å²) in [4.78, 5) is 51.7. The average Bonchev–Trinajstić information content (AvgIpc) is 2.85. The molecule has 2 atom stereocenters. The molecule has 8 nitrogen and oxygen atoms in total. The molecule has 9 heteroatoms. The third-order valence-corrected chi connectivity index (χ3v) is 6.64. The number of rotatable bonds is 12. The summed E-state index contributed by atoms with van der Waals surface area (Å²) in [6.07, 6.45) is -0.179. The molecular weight excluding hydrogens is 476 g/mol. The molecule has 0 fully saturated rings. The van der Waals surface area contributed by atoms with Gasteiger partial charge in [-0.1, -0.05) is 67.2 Å². The Hall–Kier alpha value is -3.59. The fourth-order valence-electron chi connectivity index (χ4n) is 3.35. The number of benzene rings is 2. The second-order valence-electron chi connectivity index (χ2n) is 8.69. The van der Waals surface area contributed by atoms with Crippen LogP contribution in [0.4, 0.5) is 0 Å². The summed E-state index contributed by atoms with van der Waals surface area (Å²) >= 11 is 0.934. The molecule has 0 spiro atoms. The Morgan fingerprint density at radius 2 is 1.58 bits per heavy atom. The van der Waals surface area contributed by atoms with Crippen LogP contribution in [0.3, 0.4) is 0 Å². The zero-order valence-electron chi connectivity index (χ0n) is 21.0. The zero-order valence-corrected chi connectivity index (χ0v) is 21.8. The van der Waals surface area contributed by atoms with Gasteiger partial charge >= 0.3 is 0 Å². The largest absolute Gasteiger partial charge is 0.366 e. The molecule has 1 amide bonds. The van der Waals surface area contributed by atoms with Crippen molar-refractivity contribution in [2.24, 2.45) is 0 Å². The van der Waals surface area contributed by atoms with Crippen molar-refractivity contribution in [1.82, 2.24) is 10.2 Å². The Labute approximate surface area is 215 Å². The van der Waals surface area contributed by atoms with Gasteiger partial charge in [0.1, 0.15) is 5.84 Å². The molecule has 0 aliphatic carbocycles. The van der Waals surface area contributed by atoms with Crippen molar-refractivity contribution in [3.8, 4) is 0 Å².